The van der Waals surface area contributed by atoms with E-state index in [0.717, 1.165) is 29.5 Å². The number of carbonyl (C=O) groups excluding carboxylic acids is 2. The van der Waals surface area contributed by atoms with E-state index in [1.807, 2.05) is 45.9 Å². The fourth-order valence-corrected chi connectivity index (χ4v) is 5.97. The Kier molecular flexibility index (Phi) is 10.1. The van der Waals surface area contributed by atoms with Crippen LogP contribution in [0.15, 0.2) is 51.9 Å². The van der Waals surface area contributed by atoms with E-state index in [-0.39, 0.29) is 35.1 Å². The number of nitrogens with zero attached hydrogens (tertiary/aromatic N) is 2. The van der Waals surface area contributed by atoms with Gasteiger partial charge < -0.3 is 14.7 Å². The number of rotatable bonds is 12. The second-order valence-corrected chi connectivity index (χ2v) is 12.1. The largest absolute Gasteiger partial charge is 0.357 e. The first-order valence-corrected chi connectivity index (χ1v) is 15.0. The first-order chi connectivity index (χ1) is 18.9. The van der Waals surface area contributed by atoms with Crippen molar-refractivity contribution < 1.29 is 22.5 Å². The van der Waals surface area contributed by atoms with Crippen molar-refractivity contribution in [2.45, 2.75) is 78.3 Å². The van der Waals surface area contributed by atoms with Crippen LogP contribution in [0.2, 0.25) is 0 Å². The van der Waals surface area contributed by atoms with E-state index in [1.165, 1.54) is 0 Å². The highest BCUT2D eigenvalue weighted by molar-refractivity contribution is 7.92. The van der Waals surface area contributed by atoms with E-state index in [9.17, 15) is 18.0 Å². The van der Waals surface area contributed by atoms with Gasteiger partial charge in [0.05, 0.1) is 10.6 Å². The summed E-state index contributed by atoms with van der Waals surface area (Å²) in [6.07, 6.45) is 2.00. The van der Waals surface area contributed by atoms with Gasteiger partial charge in [0.2, 0.25) is 17.7 Å². The van der Waals surface area contributed by atoms with Crippen LogP contribution in [0.5, 0.6) is 0 Å². The average Bonchev–Trinajstić information content (AvgIpc) is 3.22. The lowest BCUT2D eigenvalue weighted by molar-refractivity contribution is -0.142. The lowest BCUT2D eigenvalue weighted by atomic mass is 9.96. The first kappa shape index (κ1) is 30.9. The topological polar surface area (TPSA) is 122 Å². The summed E-state index contributed by atoms with van der Waals surface area (Å²) < 4.78 is 34.5. The minimum Gasteiger partial charge on any atom is -0.357 e. The molecule has 0 fully saturated rings. The van der Waals surface area contributed by atoms with E-state index in [1.54, 1.807) is 50.1 Å². The van der Waals surface area contributed by atoms with Crippen molar-refractivity contribution in [3.05, 3.63) is 64.8 Å². The summed E-state index contributed by atoms with van der Waals surface area (Å²) in [7, 11) is -2.40. The van der Waals surface area contributed by atoms with Gasteiger partial charge in [-0.2, -0.15) is 0 Å². The predicted molar refractivity (Wildman–Crippen MR) is 156 cm³/mol. The van der Waals surface area contributed by atoms with Crippen molar-refractivity contribution in [2.75, 3.05) is 11.8 Å². The molecule has 2 amide bonds. The van der Waals surface area contributed by atoms with Gasteiger partial charge in [0.15, 0.2) is 0 Å². The minimum absolute atomic E-state index is 0.0636. The number of hydrogen-bond acceptors (Lipinski definition) is 6. The quantitative estimate of drug-likeness (QED) is 0.304. The van der Waals surface area contributed by atoms with Gasteiger partial charge in [-0.15, -0.1) is 0 Å². The Labute approximate surface area is 237 Å². The number of likely N-dealkylation sites (N-methyl/N-ethyl adjacent to an activating group) is 1. The van der Waals surface area contributed by atoms with Gasteiger partial charge in [-0.1, -0.05) is 68.7 Å². The van der Waals surface area contributed by atoms with Crippen molar-refractivity contribution in [1.29, 1.82) is 0 Å². The molecule has 3 aromatic rings. The highest BCUT2D eigenvalue weighted by atomic mass is 32.2. The Morgan fingerprint density at radius 3 is 2.33 bits per heavy atom. The number of carbonyl (C=O) groups is 2. The predicted octanol–water partition coefficient (Wildman–Crippen LogP) is 5.36. The number of aromatic nitrogens is 1. The Balaban J connectivity index is 1.98. The Morgan fingerprint density at radius 1 is 1.05 bits per heavy atom. The molecule has 3 rings (SSSR count). The maximum atomic E-state index is 13.4. The Morgan fingerprint density at radius 2 is 1.75 bits per heavy atom. The van der Waals surface area contributed by atoms with Crippen LogP contribution in [0.25, 0.3) is 11.1 Å². The van der Waals surface area contributed by atoms with Gasteiger partial charge in [-0.25, -0.2) is 13.1 Å². The van der Waals surface area contributed by atoms with E-state index in [4.69, 9.17) is 4.52 Å². The molecule has 1 atom stereocenters. The van der Waals surface area contributed by atoms with Crippen molar-refractivity contribution in [3.63, 3.8) is 0 Å². The van der Waals surface area contributed by atoms with Crippen LogP contribution in [0, 0.1) is 26.7 Å². The molecular formula is C30H40N4O5S. The molecule has 0 saturated heterocycles. The van der Waals surface area contributed by atoms with Crippen LogP contribution in [0.4, 0.5) is 5.88 Å². The normalized spacial score (nSPS) is 12.3. The molecule has 0 aliphatic rings. The molecule has 0 bridgehead atoms. The summed E-state index contributed by atoms with van der Waals surface area (Å²) in [6, 6.07) is 11.9. The summed E-state index contributed by atoms with van der Waals surface area (Å²) in [6.45, 7) is 11.5. The third-order valence-corrected chi connectivity index (χ3v) is 8.43. The Bertz CT molecular complexity index is 1460. The summed E-state index contributed by atoms with van der Waals surface area (Å²) in [5.74, 6) is -0.251. The lowest BCUT2D eigenvalue weighted by Crippen LogP contribution is -2.51. The van der Waals surface area contributed by atoms with E-state index in [2.05, 4.69) is 15.2 Å². The van der Waals surface area contributed by atoms with Gasteiger partial charge in [-0.3, -0.25) is 9.59 Å². The van der Waals surface area contributed by atoms with Crippen molar-refractivity contribution in [3.8, 4) is 11.1 Å². The number of anilines is 1. The highest BCUT2D eigenvalue weighted by Crippen LogP contribution is 2.32. The summed E-state index contributed by atoms with van der Waals surface area (Å²) in [5.41, 5.74) is 4.20. The van der Waals surface area contributed by atoms with E-state index in [0.29, 0.717) is 23.2 Å². The zero-order valence-electron chi connectivity index (χ0n) is 24.4. The number of sulfonamides is 1. The molecule has 1 aromatic heterocycles. The molecule has 0 radical (unpaired) electrons. The molecule has 0 spiro atoms. The SMILES string of the molecule is CCCCC(=O)N(Cc1ccc(-c2ccccc2S(=O)(=O)Nc2onc(C)c2C)c(C)c1)[C@H](C(=O)NC)C(C)C. The summed E-state index contributed by atoms with van der Waals surface area (Å²) >= 11 is 0. The molecule has 9 nitrogen and oxygen atoms in total. The number of amides is 2. The molecule has 0 aliphatic heterocycles. The van der Waals surface area contributed by atoms with Crippen LogP contribution < -0.4 is 10.0 Å². The van der Waals surface area contributed by atoms with Gasteiger partial charge in [0, 0.05) is 31.1 Å². The smallest absolute Gasteiger partial charge is 0.264 e. The zero-order chi connectivity index (χ0) is 29.6. The summed E-state index contributed by atoms with van der Waals surface area (Å²) in [5, 5.41) is 6.54. The van der Waals surface area contributed by atoms with Gasteiger partial charge in [0.1, 0.15) is 6.04 Å². The molecule has 1 heterocycles. The third-order valence-electron chi connectivity index (χ3n) is 7.04. The fraction of sp³-hybridized carbons (Fsp3) is 0.433. The van der Waals surface area contributed by atoms with E-state index < -0.39 is 16.1 Å². The molecule has 0 unspecified atom stereocenters. The Hall–Kier alpha value is -3.66. The second kappa shape index (κ2) is 13.1. The molecule has 2 N–H and O–H groups in total. The second-order valence-electron chi connectivity index (χ2n) is 10.4. The molecule has 0 saturated carbocycles. The van der Waals surface area contributed by atoms with Crippen molar-refractivity contribution in [1.82, 2.24) is 15.4 Å². The van der Waals surface area contributed by atoms with Crippen LogP contribution in [0.1, 0.15) is 62.4 Å². The number of benzene rings is 2. The lowest BCUT2D eigenvalue weighted by Gasteiger charge is -2.33. The first-order valence-electron chi connectivity index (χ1n) is 13.6. The molecule has 40 heavy (non-hydrogen) atoms. The maximum Gasteiger partial charge on any atom is 0.264 e. The third kappa shape index (κ3) is 6.91. The van der Waals surface area contributed by atoms with Crippen LogP contribution in [0.3, 0.4) is 0 Å². The molecule has 216 valence electrons. The van der Waals surface area contributed by atoms with Gasteiger partial charge in [-0.05, 0) is 55.9 Å². The molecule has 0 aliphatic carbocycles. The number of unbranched alkanes of at least 4 members (excludes halogenated alkanes) is 1. The van der Waals surface area contributed by atoms with Crippen LogP contribution in [-0.4, -0.2) is 43.4 Å². The fourth-order valence-electron chi connectivity index (χ4n) is 4.70. The van der Waals surface area contributed by atoms with Crippen molar-refractivity contribution >= 4 is 27.7 Å². The molecule has 2 aromatic carbocycles. The molecular weight excluding hydrogens is 528 g/mol. The van der Waals surface area contributed by atoms with Crippen LogP contribution >= 0.6 is 0 Å². The van der Waals surface area contributed by atoms with Gasteiger partial charge in [0.25, 0.3) is 10.0 Å². The minimum atomic E-state index is -3.98. The molecule has 10 heteroatoms. The standard InChI is InChI=1S/C30H40N4O5S/c1-8-9-14-27(35)34(28(19(2)3)29(36)31-7)18-23-15-16-24(20(4)17-23)25-12-10-11-13-26(25)40(37,38)33-30-21(5)22(6)32-39-30/h10-13,15-17,19,28,33H,8-9,14,18H2,1-7H3,(H,31,36)/t28-/m0/s1. The number of nitrogens with one attached hydrogen (secondary N) is 2. The summed E-state index contributed by atoms with van der Waals surface area (Å²) in [4.78, 5) is 27.8. The van der Waals surface area contributed by atoms with Gasteiger partial charge >= 0.3 is 0 Å². The van der Waals surface area contributed by atoms with Crippen LogP contribution in [-0.2, 0) is 26.2 Å². The van der Waals surface area contributed by atoms with Crippen molar-refractivity contribution in [2.24, 2.45) is 5.92 Å². The zero-order valence-corrected chi connectivity index (χ0v) is 25.2. The monoisotopic (exact) mass is 568 g/mol. The average molecular weight is 569 g/mol. The maximum absolute atomic E-state index is 13.4. The number of aryl methyl sites for hydroxylation is 2. The van der Waals surface area contributed by atoms with E-state index >= 15 is 0 Å². The highest BCUT2D eigenvalue weighted by Gasteiger charge is 2.32. The number of hydrogen-bond donors (Lipinski definition) is 2.